The van der Waals surface area contributed by atoms with Crippen molar-refractivity contribution in [3.05, 3.63) is 12.2 Å². The van der Waals surface area contributed by atoms with Crippen LogP contribution in [0.15, 0.2) is 12.2 Å². The third-order valence-electron chi connectivity index (χ3n) is 6.43. The second-order valence-electron chi connectivity index (χ2n) is 9.53. The Kier molecular flexibility index (Phi) is 19.3. The number of nitrogens with one attached hydrogen (secondary N) is 1. The molecule has 1 atom stereocenters. The highest BCUT2D eigenvalue weighted by Gasteiger charge is 2.28. The molecule has 32 heavy (non-hydrogen) atoms. The number of ether oxygens (including phenoxy) is 1. The van der Waals surface area contributed by atoms with Gasteiger partial charge in [0.2, 0.25) is 5.91 Å². The normalized spacial score (nSPS) is 16.0. The molecule has 0 aromatic carbocycles. The number of rotatable bonds is 22. The first kappa shape index (κ1) is 28.7. The molecule has 186 valence electrons. The van der Waals surface area contributed by atoms with Gasteiger partial charge in [0.25, 0.3) is 0 Å². The summed E-state index contributed by atoms with van der Waals surface area (Å²) < 4.78 is 5.25. The molecule has 1 aliphatic heterocycles. The van der Waals surface area contributed by atoms with Crippen molar-refractivity contribution in [3.8, 4) is 0 Å². The van der Waals surface area contributed by atoms with E-state index >= 15 is 0 Å². The quantitative estimate of drug-likeness (QED) is 0.104. The van der Waals surface area contributed by atoms with Gasteiger partial charge in [0, 0.05) is 6.42 Å². The monoisotopic (exact) mass is 449 g/mol. The number of allylic oxidation sites excluding steroid dienone is 2. The van der Waals surface area contributed by atoms with Crippen LogP contribution < -0.4 is 5.32 Å². The minimum atomic E-state index is -0.413. The molecule has 0 aromatic heterocycles. The number of carbonyl (C=O) groups is 2. The first-order chi connectivity index (χ1) is 15.7. The Bertz CT molecular complexity index is 489. The average molecular weight is 450 g/mol. The standard InChI is InChI=1S/C28H51NO3/c1-2-3-4-5-6-7-8-9-10-11-12-13-14-15-16-17-18-19-20-21-22-25-32-28(31)26-23-24-27(30)29-26/h15-16,26H,2-14,17-25H2,1H3,(H,29,30)/b16-15+/t26-/m0/s1. The SMILES string of the molecule is CCCCCCCCCCCCCC/C=C/CCCCCCCOC(=O)[C@@H]1CCC(=O)N1. The zero-order valence-electron chi connectivity index (χ0n) is 21.0. The van der Waals surface area contributed by atoms with Crippen molar-refractivity contribution in [2.24, 2.45) is 0 Å². The lowest BCUT2D eigenvalue weighted by Gasteiger charge is -2.09. The Balaban J connectivity index is 1.72. The Labute approximate surface area is 198 Å². The summed E-state index contributed by atoms with van der Waals surface area (Å²) in [5.74, 6) is -0.316. The minimum Gasteiger partial charge on any atom is -0.464 e. The van der Waals surface area contributed by atoms with E-state index in [1.165, 1.54) is 109 Å². The van der Waals surface area contributed by atoms with Crippen molar-refractivity contribution in [1.29, 1.82) is 0 Å². The van der Waals surface area contributed by atoms with Gasteiger partial charge in [-0.05, 0) is 38.5 Å². The van der Waals surface area contributed by atoms with Crippen molar-refractivity contribution < 1.29 is 14.3 Å². The van der Waals surface area contributed by atoms with Crippen molar-refractivity contribution in [2.45, 2.75) is 148 Å². The predicted molar refractivity (Wildman–Crippen MR) is 135 cm³/mol. The van der Waals surface area contributed by atoms with Crippen molar-refractivity contribution in [2.75, 3.05) is 6.61 Å². The van der Waals surface area contributed by atoms with Gasteiger partial charge in [0.05, 0.1) is 6.61 Å². The van der Waals surface area contributed by atoms with Crippen LogP contribution in [0.5, 0.6) is 0 Å². The van der Waals surface area contributed by atoms with E-state index in [0.29, 0.717) is 19.4 Å². The fourth-order valence-corrected chi connectivity index (χ4v) is 4.30. The number of amides is 1. The van der Waals surface area contributed by atoms with Crippen molar-refractivity contribution in [1.82, 2.24) is 5.32 Å². The van der Waals surface area contributed by atoms with E-state index in [0.717, 1.165) is 12.8 Å². The molecule has 4 nitrogen and oxygen atoms in total. The van der Waals surface area contributed by atoms with E-state index in [4.69, 9.17) is 4.74 Å². The van der Waals surface area contributed by atoms with Crippen molar-refractivity contribution in [3.63, 3.8) is 0 Å². The number of hydrogen-bond donors (Lipinski definition) is 1. The molecule has 1 fully saturated rings. The third kappa shape index (κ3) is 17.3. The summed E-state index contributed by atoms with van der Waals surface area (Å²) in [4.78, 5) is 22.9. The molecule has 0 spiro atoms. The molecule has 1 amide bonds. The van der Waals surface area contributed by atoms with Crippen LogP contribution in [0.1, 0.15) is 142 Å². The largest absolute Gasteiger partial charge is 0.464 e. The average Bonchev–Trinajstić information content (AvgIpc) is 3.23. The molecule has 1 aliphatic rings. The van der Waals surface area contributed by atoms with Crippen LogP contribution >= 0.6 is 0 Å². The predicted octanol–water partition coefficient (Wildman–Crippen LogP) is 7.80. The fourth-order valence-electron chi connectivity index (χ4n) is 4.30. The van der Waals surface area contributed by atoms with Gasteiger partial charge in [0.15, 0.2) is 0 Å². The highest BCUT2D eigenvalue weighted by atomic mass is 16.5. The van der Waals surface area contributed by atoms with Gasteiger partial charge in [-0.15, -0.1) is 0 Å². The van der Waals surface area contributed by atoms with E-state index in [2.05, 4.69) is 24.4 Å². The highest BCUT2D eigenvalue weighted by Crippen LogP contribution is 2.13. The van der Waals surface area contributed by atoms with Crippen molar-refractivity contribution >= 4 is 11.9 Å². The van der Waals surface area contributed by atoms with E-state index in [1.54, 1.807) is 0 Å². The smallest absolute Gasteiger partial charge is 0.328 e. The van der Waals surface area contributed by atoms with E-state index in [-0.39, 0.29) is 11.9 Å². The molecule has 0 bridgehead atoms. The zero-order valence-corrected chi connectivity index (χ0v) is 21.0. The number of hydrogen-bond acceptors (Lipinski definition) is 3. The van der Waals surface area contributed by atoms with Gasteiger partial charge >= 0.3 is 5.97 Å². The number of carbonyl (C=O) groups excluding carboxylic acids is 2. The summed E-state index contributed by atoms with van der Waals surface area (Å²) >= 11 is 0. The lowest BCUT2D eigenvalue weighted by atomic mass is 10.0. The van der Waals surface area contributed by atoms with Crippen LogP contribution in [-0.4, -0.2) is 24.5 Å². The molecule has 0 unspecified atom stereocenters. The highest BCUT2D eigenvalue weighted by molar-refractivity contribution is 5.87. The summed E-state index contributed by atoms with van der Waals surface area (Å²) in [6.45, 7) is 2.76. The summed E-state index contributed by atoms with van der Waals surface area (Å²) in [6.07, 6.45) is 30.9. The molecule has 1 heterocycles. The number of esters is 1. The first-order valence-corrected chi connectivity index (χ1v) is 13.8. The molecular formula is C28H51NO3. The lowest BCUT2D eigenvalue weighted by Crippen LogP contribution is -2.34. The summed E-state index contributed by atoms with van der Waals surface area (Å²) in [5, 5.41) is 2.65. The molecule has 1 saturated heterocycles. The maximum Gasteiger partial charge on any atom is 0.328 e. The van der Waals surface area contributed by atoms with E-state index < -0.39 is 6.04 Å². The van der Waals surface area contributed by atoms with Crippen LogP contribution in [0.2, 0.25) is 0 Å². The van der Waals surface area contributed by atoms with Gasteiger partial charge in [-0.25, -0.2) is 4.79 Å². The Morgan fingerprint density at radius 1 is 0.781 bits per heavy atom. The molecule has 4 heteroatoms. The molecule has 1 N–H and O–H groups in total. The van der Waals surface area contributed by atoms with Crippen LogP contribution in [0.3, 0.4) is 0 Å². The van der Waals surface area contributed by atoms with Crippen LogP contribution in [-0.2, 0) is 14.3 Å². The molecule has 0 aliphatic carbocycles. The van der Waals surface area contributed by atoms with Gasteiger partial charge in [-0.3, -0.25) is 4.79 Å². The molecular weight excluding hydrogens is 398 g/mol. The molecule has 0 aromatic rings. The Morgan fingerprint density at radius 2 is 1.25 bits per heavy atom. The van der Waals surface area contributed by atoms with Gasteiger partial charge in [-0.1, -0.05) is 109 Å². The second kappa shape index (κ2) is 21.5. The summed E-state index contributed by atoms with van der Waals surface area (Å²) in [6, 6.07) is -0.413. The van der Waals surface area contributed by atoms with Crippen LogP contribution in [0, 0.1) is 0 Å². The maximum atomic E-state index is 11.8. The van der Waals surface area contributed by atoms with Crippen LogP contribution in [0.4, 0.5) is 0 Å². The zero-order chi connectivity index (χ0) is 23.1. The lowest BCUT2D eigenvalue weighted by molar-refractivity contribution is -0.146. The summed E-state index contributed by atoms with van der Waals surface area (Å²) in [5.41, 5.74) is 0. The second-order valence-corrected chi connectivity index (χ2v) is 9.53. The fraction of sp³-hybridized carbons (Fsp3) is 0.857. The molecule has 1 rings (SSSR count). The topological polar surface area (TPSA) is 55.4 Å². The number of unbranched alkanes of at least 4 members (excludes halogenated alkanes) is 17. The Hall–Kier alpha value is -1.32. The first-order valence-electron chi connectivity index (χ1n) is 13.8. The van der Waals surface area contributed by atoms with Gasteiger partial charge in [0.1, 0.15) is 6.04 Å². The van der Waals surface area contributed by atoms with Crippen LogP contribution in [0.25, 0.3) is 0 Å². The Morgan fingerprint density at radius 3 is 1.72 bits per heavy atom. The maximum absolute atomic E-state index is 11.8. The van der Waals surface area contributed by atoms with Gasteiger partial charge in [-0.2, -0.15) is 0 Å². The van der Waals surface area contributed by atoms with E-state index in [9.17, 15) is 9.59 Å². The van der Waals surface area contributed by atoms with E-state index in [1.807, 2.05) is 0 Å². The van der Waals surface area contributed by atoms with Gasteiger partial charge < -0.3 is 10.1 Å². The minimum absolute atomic E-state index is 0.0462. The summed E-state index contributed by atoms with van der Waals surface area (Å²) in [7, 11) is 0. The molecule has 0 saturated carbocycles. The molecule has 0 radical (unpaired) electrons. The third-order valence-corrected chi connectivity index (χ3v) is 6.43.